The largest absolute Gasteiger partial charge is 0.0895 e. The molecule has 2 aliphatic carbocycles. The molecule has 1 atom stereocenters. The molecule has 12 heavy (non-hydrogen) atoms. The predicted octanol–water partition coefficient (Wildman–Crippen LogP) is 4.10. The molecule has 0 heterocycles. The number of hydrogen-bond donors (Lipinski definition) is 0. The van der Waals surface area contributed by atoms with E-state index < -0.39 is 0 Å². The van der Waals surface area contributed by atoms with Crippen molar-refractivity contribution in [2.75, 3.05) is 0 Å². The summed E-state index contributed by atoms with van der Waals surface area (Å²) < 4.78 is 0. The highest BCUT2D eigenvalue weighted by Gasteiger charge is 2.39. The Morgan fingerprint density at radius 1 is 1.50 bits per heavy atom. The van der Waals surface area contributed by atoms with E-state index in [2.05, 4.69) is 13.0 Å². The Kier molecular flexibility index (Phi) is 2.20. The highest BCUT2D eigenvalue weighted by Crippen LogP contribution is 2.51. The quantitative estimate of drug-likeness (QED) is 0.576. The van der Waals surface area contributed by atoms with Gasteiger partial charge in [-0.1, -0.05) is 31.0 Å². The van der Waals surface area contributed by atoms with E-state index in [-0.39, 0.29) is 0 Å². The zero-order chi connectivity index (χ0) is 8.60. The fourth-order valence-corrected chi connectivity index (χ4v) is 2.78. The lowest BCUT2D eigenvalue weighted by Crippen LogP contribution is -2.35. The molecule has 0 nitrogen and oxygen atoms in total. The van der Waals surface area contributed by atoms with Crippen molar-refractivity contribution in [1.29, 1.82) is 0 Å². The van der Waals surface area contributed by atoms with Gasteiger partial charge < -0.3 is 0 Å². The molecule has 0 N–H and O–H groups in total. The normalized spacial score (nSPS) is 33.8. The Bertz CT molecular complexity index is 201. The van der Waals surface area contributed by atoms with Gasteiger partial charge in [0.05, 0.1) is 0 Å². The number of allylic oxidation sites excluding steroid dienone is 2. The van der Waals surface area contributed by atoms with Gasteiger partial charge in [0.15, 0.2) is 0 Å². The van der Waals surface area contributed by atoms with Gasteiger partial charge in [-0.05, 0) is 43.4 Å². The Morgan fingerprint density at radius 2 is 2.25 bits per heavy atom. The van der Waals surface area contributed by atoms with E-state index in [1.165, 1.54) is 32.1 Å². The molecule has 0 spiro atoms. The first-order valence-corrected chi connectivity index (χ1v) is 5.43. The van der Waals surface area contributed by atoms with E-state index in [1.807, 2.05) is 0 Å². The monoisotopic (exact) mass is 184 g/mol. The van der Waals surface area contributed by atoms with Crippen molar-refractivity contribution in [1.82, 2.24) is 0 Å². The SMILES string of the molecule is CC1(C2CC=C(Cl)CC2)CCC1. The molecule has 1 saturated carbocycles. The van der Waals surface area contributed by atoms with Crippen molar-refractivity contribution in [3.05, 3.63) is 11.1 Å². The van der Waals surface area contributed by atoms with Crippen LogP contribution in [0.25, 0.3) is 0 Å². The van der Waals surface area contributed by atoms with E-state index in [0.717, 1.165) is 17.4 Å². The summed E-state index contributed by atoms with van der Waals surface area (Å²) >= 11 is 5.95. The van der Waals surface area contributed by atoms with Crippen molar-refractivity contribution in [3.8, 4) is 0 Å². The summed E-state index contributed by atoms with van der Waals surface area (Å²) in [6.07, 6.45) is 10.3. The van der Waals surface area contributed by atoms with Crippen LogP contribution in [0.4, 0.5) is 0 Å². The third-order valence-corrected chi connectivity index (χ3v) is 4.18. The van der Waals surface area contributed by atoms with E-state index in [9.17, 15) is 0 Å². The third-order valence-electron chi connectivity index (χ3n) is 3.84. The van der Waals surface area contributed by atoms with Gasteiger partial charge in [0.25, 0.3) is 0 Å². The molecule has 0 radical (unpaired) electrons. The highest BCUT2D eigenvalue weighted by molar-refractivity contribution is 6.29. The molecule has 2 aliphatic rings. The molecule has 0 aliphatic heterocycles. The van der Waals surface area contributed by atoms with Gasteiger partial charge in [-0.25, -0.2) is 0 Å². The lowest BCUT2D eigenvalue weighted by Gasteiger charge is -2.46. The summed E-state index contributed by atoms with van der Waals surface area (Å²) in [4.78, 5) is 0. The average Bonchev–Trinajstić information content (AvgIpc) is 2.02. The minimum atomic E-state index is 0.675. The van der Waals surface area contributed by atoms with Crippen LogP contribution < -0.4 is 0 Å². The maximum Gasteiger partial charge on any atom is 0.0141 e. The number of halogens is 1. The summed E-state index contributed by atoms with van der Waals surface area (Å²) in [5.41, 5.74) is 0.675. The molecular formula is C11H17Cl. The molecule has 0 aromatic carbocycles. The maximum absolute atomic E-state index is 5.95. The summed E-state index contributed by atoms with van der Waals surface area (Å²) in [5.74, 6) is 0.925. The van der Waals surface area contributed by atoms with Crippen LogP contribution in [0.15, 0.2) is 11.1 Å². The molecule has 2 rings (SSSR count). The highest BCUT2D eigenvalue weighted by atomic mass is 35.5. The van der Waals surface area contributed by atoms with Gasteiger partial charge in [0.1, 0.15) is 0 Å². The minimum absolute atomic E-state index is 0.675. The first kappa shape index (κ1) is 8.62. The van der Waals surface area contributed by atoms with E-state index in [1.54, 1.807) is 0 Å². The van der Waals surface area contributed by atoms with Gasteiger partial charge in [-0.2, -0.15) is 0 Å². The molecule has 1 fully saturated rings. The van der Waals surface area contributed by atoms with Crippen LogP contribution in [0, 0.1) is 11.3 Å². The molecule has 0 bridgehead atoms. The van der Waals surface area contributed by atoms with Gasteiger partial charge in [-0.15, -0.1) is 0 Å². The molecule has 0 aromatic rings. The fraction of sp³-hybridized carbons (Fsp3) is 0.818. The van der Waals surface area contributed by atoms with Crippen LogP contribution in [-0.2, 0) is 0 Å². The first-order valence-electron chi connectivity index (χ1n) is 5.05. The van der Waals surface area contributed by atoms with Crippen LogP contribution in [0.2, 0.25) is 0 Å². The van der Waals surface area contributed by atoms with Crippen molar-refractivity contribution in [2.24, 2.45) is 11.3 Å². The van der Waals surface area contributed by atoms with E-state index >= 15 is 0 Å². The van der Waals surface area contributed by atoms with Gasteiger partial charge in [0, 0.05) is 5.03 Å². The maximum atomic E-state index is 5.95. The topological polar surface area (TPSA) is 0 Å². The fourth-order valence-electron chi connectivity index (χ4n) is 2.58. The third kappa shape index (κ3) is 1.42. The lowest BCUT2D eigenvalue weighted by atomic mass is 9.60. The predicted molar refractivity (Wildman–Crippen MR) is 53.2 cm³/mol. The van der Waals surface area contributed by atoms with Crippen LogP contribution in [0.3, 0.4) is 0 Å². The lowest BCUT2D eigenvalue weighted by molar-refractivity contribution is 0.0646. The molecule has 68 valence electrons. The smallest absolute Gasteiger partial charge is 0.0141 e. The number of hydrogen-bond acceptors (Lipinski definition) is 0. The molecule has 1 heteroatoms. The summed E-state index contributed by atoms with van der Waals surface area (Å²) in [7, 11) is 0. The molecular weight excluding hydrogens is 168 g/mol. The minimum Gasteiger partial charge on any atom is -0.0895 e. The van der Waals surface area contributed by atoms with Gasteiger partial charge >= 0.3 is 0 Å². The van der Waals surface area contributed by atoms with Crippen molar-refractivity contribution >= 4 is 11.6 Å². The Morgan fingerprint density at radius 3 is 2.67 bits per heavy atom. The van der Waals surface area contributed by atoms with Gasteiger partial charge in [-0.3, -0.25) is 0 Å². The van der Waals surface area contributed by atoms with Crippen LogP contribution in [0.1, 0.15) is 45.4 Å². The second kappa shape index (κ2) is 3.06. The Labute approximate surface area is 80.0 Å². The van der Waals surface area contributed by atoms with Crippen molar-refractivity contribution < 1.29 is 0 Å². The van der Waals surface area contributed by atoms with Gasteiger partial charge in [0.2, 0.25) is 0 Å². The zero-order valence-electron chi connectivity index (χ0n) is 7.78. The van der Waals surface area contributed by atoms with Crippen LogP contribution in [-0.4, -0.2) is 0 Å². The van der Waals surface area contributed by atoms with Crippen molar-refractivity contribution in [2.45, 2.75) is 45.4 Å². The Balaban J connectivity index is 1.98. The summed E-state index contributed by atoms with van der Waals surface area (Å²) in [5, 5.41) is 1.09. The Hall–Kier alpha value is 0.0300. The van der Waals surface area contributed by atoms with E-state index in [4.69, 9.17) is 11.6 Å². The van der Waals surface area contributed by atoms with Crippen LogP contribution in [0.5, 0.6) is 0 Å². The summed E-state index contributed by atoms with van der Waals surface area (Å²) in [6.45, 7) is 2.45. The molecule has 0 amide bonds. The average molecular weight is 185 g/mol. The first-order chi connectivity index (χ1) is 5.71. The molecule has 0 aromatic heterocycles. The molecule has 1 unspecified atom stereocenters. The molecule has 0 saturated heterocycles. The zero-order valence-corrected chi connectivity index (χ0v) is 8.53. The number of rotatable bonds is 1. The summed E-state index contributed by atoms with van der Waals surface area (Å²) in [6, 6.07) is 0. The van der Waals surface area contributed by atoms with Crippen LogP contribution >= 0.6 is 11.6 Å². The van der Waals surface area contributed by atoms with Crippen molar-refractivity contribution in [3.63, 3.8) is 0 Å². The second-order valence-corrected chi connectivity index (χ2v) is 5.12. The van der Waals surface area contributed by atoms with E-state index in [0.29, 0.717) is 5.41 Å². The standard InChI is InChI=1S/C11H17Cl/c1-11(7-2-8-11)9-3-5-10(12)6-4-9/h5,9H,2-4,6-8H2,1H3. The second-order valence-electron chi connectivity index (χ2n) is 4.63.